The average Bonchev–Trinajstić information content (AvgIpc) is 3.16. The zero-order valence-corrected chi connectivity index (χ0v) is 20.6. The molecule has 9 heteroatoms. The van der Waals surface area contributed by atoms with Crippen molar-refractivity contribution < 1.29 is 19.0 Å². The first-order valence-electron chi connectivity index (χ1n) is 11.0. The van der Waals surface area contributed by atoms with Crippen LogP contribution in [-0.4, -0.2) is 46.8 Å². The molecule has 4 aromatic rings. The number of hydrogen-bond acceptors (Lipinski definition) is 7. The topological polar surface area (TPSA) is 99.9 Å². The SMILES string of the molecule is COc1cc(NC(=O)CCc2c(C)nc3c4c(C)cc(C)nc4nn3c2C)cc(OC)c1OC. The lowest BCUT2D eigenvalue weighted by atomic mass is 10.1. The molecular weight excluding hydrogens is 434 g/mol. The van der Waals surface area contributed by atoms with Crippen LogP contribution < -0.4 is 19.5 Å². The first-order chi connectivity index (χ1) is 16.3. The van der Waals surface area contributed by atoms with E-state index in [4.69, 9.17) is 24.3 Å². The second-order valence-electron chi connectivity index (χ2n) is 8.24. The zero-order valence-electron chi connectivity index (χ0n) is 20.6. The van der Waals surface area contributed by atoms with Gasteiger partial charge in [-0.15, -0.1) is 5.10 Å². The Hall–Kier alpha value is -3.88. The highest BCUT2D eigenvalue weighted by Crippen LogP contribution is 2.40. The van der Waals surface area contributed by atoms with Crippen molar-refractivity contribution in [2.24, 2.45) is 0 Å². The molecule has 1 aromatic carbocycles. The van der Waals surface area contributed by atoms with Gasteiger partial charge in [-0.05, 0) is 51.3 Å². The molecule has 0 aliphatic rings. The van der Waals surface area contributed by atoms with Crippen molar-refractivity contribution in [3.8, 4) is 17.2 Å². The molecular formula is C25H29N5O4. The molecule has 0 spiro atoms. The summed E-state index contributed by atoms with van der Waals surface area (Å²) in [5.41, 5.74) is 6.90. The molecule has 4 rings (SSSR count). The number of carbonyl (C=O) groups is 1. The second kappa shape index (κ2) is 9.17. The number of nitrogens with zero attached hydrogens (tertiary/aromatic N) is 4. The van der Waals surface area contributed by atoms with Gasteiger partial charge in [0.15, 0.2) is 22.8 Å². The Morgan fingerprint density at radius 1 is 0.971 bits per heavy atom. The Morgan fingerprint density at radius 2 is 1.65 bits per heavy atom. The lowest BCUT2D eigenvalue weighted by Crippen LogP contribution is -2.14. The quantitative estimate of drug-likeness (QED) is 0.440. The number of fused-ring (bicyclic) bond motifs is 3. The number of benzene rings is 1. The van der Waals surface area contributed by atoms with Gasteiger partial charge >= 0.3 is 0 Å². The van der Waals surface area contributed by atoms with Crippen molar-refractivity contribution in [3.05, 3.63) is 46.4 Å². The second-order valence-corrected chi connectivity index (χ2v) is 8.24. The largest absolute Gasteiger partial charge is 0.493 e. The first-order valence-corrected chi connectivity index (χ1v) is 11.0. The predicted molar refractivity (Wildman–Crippen MR) is 130 cm³/mol. The van der Waals surface area contributed by atoms with Gasteiger partial charge in [-0.3, -0.25) is 4.79 Å². The summed E-state index contributed by atoms with van der Waals surface area (Å²) in [5.74, 6) is 1.29. The Morgan fingerprint density at radius 3 is 2.26 bits per heavy atom. The maximum Gasteiger partial charge on any atom is 0.224 e. The number of ether oxygens (including phenoxy) is 3. The normalized spacial score (nSPS) is 11.1. The highest BCUT2D eigenvalue weighted by Gasteiger charge is 2.18. The van der Waals surface area contributed by atoms with Crippen LogP contribution in [0.25, 0.3) is 16.7 Å². The summed E-state index contributed by atoms with van der Waals surface area (Å²) in [4.78, 5) is 22.2. The van der Waals surface area contributed by atoms with Crippen LogP contribution in [0.4, 0.5) is 5.69 Å². The molecule has 178 valence electrons. The number of pyridine rings is 1. The number of aryl methyl sites for hydroxylation is 4. The van der Waals surface area contributed by atoms with Crippen LogP contribution in [0.2, 0.25) is 0 Å². The summed E-state index contributed by atoms with van der Waals surface area (Å²) >= 11 is 0. The van der Waals surface area contributed by atoms with Gasteiger partial charge in [0.1, 0.15) is 0 Å². The van der Waals surface area contributed by atoms with E-state index in [1.165, 1.54) is 21.3 Å². The summed E-state index contributed by atoms with van der Waals surface area (Å²) in [7, 11) is 4.61. The number of aromatic nitrogens is 4. The molecule has 0 aliphatic carbocycles. The molecule has 1 N–H and O–H groups in total. The van der Waals surface area contributed by atoms with E-state index in [9.17, 15) is 4.79 Å². The molecule has 34 heavy (non-hydrogen) atoms. The molecule has 0 fully saturated rings. The van der Waals surface area contributed by atoms with Crippen LogP contribution in [0.5, 0.6) is 17.2 Å². The fourth-order valence-electron chi connectivity index (χ4n) is 4.34. The minimum atomic E-state index is -0.132. The molecule has 0 unspecified atom stereocenters. The van der Waals surface area contributed by atoms with Crippen molar-refractivity contribution in [1.82, 2.24) is 19.6 Å². The van der Waals surface area contributed by atoms with Crippen LogP contribution >= 0.6 is 0 Å². The van der Waals surface area contributed by atoms with Crippen LogP contribution in [-0.2, 0) is 11.2 Å². The van der Waals surface area contributed by atoms with Gasteiger partial charge in [-0.1, -0.05) is 0 Å². The van der Waals surface area contributed by atoms with E-state index in [0.29, 0.717) is 35.0 Å². The third kappa shape index (κ3) is 4.09. The minimum absolute atomic E-state index is 0.132. The van der Waals surface area contributed by atoms with Gasteiger partial charge in [-0.2, -0.15) is 0 Å². The van der Waals surface area contributed by atoms with E-state index in [1.54, 1.807) is 12.1 Å². The highest BCUT2D eigenvalue weighted by molar-refractivity contribution is 5.93. The smallest absolute Gasteiger partial charge is 0.224 e. The van der Waals surface area contributed by atoms with Crippen molar-refractivity contribution in [2.45, 2.75) is 40.5 Å². The monoisotopic (exact) mass is 463 g/mol. The Labute approximate surface area is 198 Å². The van der Waals surface area contributed by atoms with Gasteiger partial charge in [-0.25, -0.2) is 14.5 Å². The van der Waals surface area contributed by atoms with E-state index in [0.717, 1.165) is 39.2 Å². The predicted octanol–water partition coefficient (Wildman–Crippen LogP) is 4.11. The Bertz CT molecular complexity index is 1390. The average molecular weight is 464 g/mol. The van der Waals surface area contributed by atoms with E-state index in [2.05, 4.69) is 10.3 Å². The lowest BCUT2D eigenvalue weighted by molar-refractivity contribution is -0.116. The molecule has 1 amide bonds. The number of anilines is 1. The molecule has 0 saturated carbocycles. The van der Waals surface area contributed by atoms with Crippen molar-refractivity contribution >= 4 is 28.3 Å². The van der Waals surface area contributed by atoms with Gasteiger partial charge in [0, 0.05) is 41.3 Å². The van der Waals surface area contributed by atoms with Crippen molar-refractivity contribution in [3.63, 3.8) is 0 Å². The Kier molecular flexibility index (Phi) is 6.28. The number of hydrogen-bond donors (Lipinski definition) is 1. The standard InChI is InChI=1S/C25H29N5O4/c1-13-10-14(2)26-24-22(13)25-27-15(3)18(16(4)30(25)29-24)8-9-21(31)28-17-11-19(32-5)23(34-7)20(12-17)33-6/h10-12H,8-9H2,1-7H3,(H,28,31). The van der Waals surface area contributed by atoms with Gasteiger partial charge in [0.05, 0.1) is 26.7 Å². The number of rotatable bonds is 7. The summed E-state index contributed by atoms with van der Waals surface area (Å²) in [6.45, 7) is 7.98. The highest BCUT2D eigenvalue weighted by atomic mass is 16.5. The molecule has 0 atom stereocenters. The van der Waals surface area contributed by atoms with E-state index < -0.39 is 0 Å². The maximum absolute atomic E-state index is 12.8. The Balaban J connectivity index is 1.58. The number of carbonyl (C=O) groups excluding carboxylic acids is 1. The fraction of sp³-hybridized carbons (Fsp3) is 0.360. The van der Waals surface area contributed by atoms with Gasteiger partial charge in [0.25, 0.3) is 0 Å². The number of nitrogens with one attached hydrogen (secondary N) is 1. The lowest BCUT2D eigenvalue weighted by Gasteiger charge is -2.15. The minimum Gasteiger partial charge on any atom is -0.493 e. The third-order valence-electron chi connectivity index (χ3n) is 5.96. The van der Waals surface area contributed by atoms with E-state index in [-0.39, 0.29) is 12.3 Å². The van der Waals surface area contributed by atoms with Crippen LogP contribution in [0.1, 0.15) is 34.6 Å². The number of methoxy groups -OCH3 is 3. The van der Waals surface area contributed by atoms with E-state index >= 15 is 0 Å². The third-order valence-corrected chi connectivity index (χ3v) is 5.96. The summed E-state index contributed by atoms with van der Waals surface area (Å²) in [5, 5.41) is 8.57. The molecule has 0 radical (unpaired) electrons. The zero-order chi connectivity index (χ0) is 24.6. The molecule has 0 aliphatic heterocycles. The maximum atomic E-state index is 12.8. The molecule has 9 nitrogen and oxygen atoms in total. The molecule has 3 aromatic heterocycles. The van der Waals surface area contributed by atoms with E-state index in [1.807, 2.05) is 38.3 Å². The summed E-state index contributed by atoms with van der Waals surface area (Å²) < 4.78 is 17.9. The van der Waals surface area contributed by atoms with Crippen LogP contribution in [0, 0.1) is 27.7 Å². The number of amides is 1. The van der Waals surface area contributed by atoms with Gasteiger partial charge < -0.3 is 19.5 Å². The van der Waals surface area contributed by atoms with Crippen LogP contribution in [0.3, 0.4) is 0 Å². The molecule has 0 saturated heterocycles. The molecule has 3 heterocycles. The summed E-state index contributed by atoms with van der Waals surface area (Å²) in [6.07, 6.45) is 0.807. The van der Waals surface area contributed by atoms with Crippen molar-refractivity contribution in [2.75, 3.05) is 26.6 Å². The van der Waals surface area contributed by atoms with Crippen LogP contribution in [0.15, 0.2) is 18.2 Å². The molecule has 0 bridgehead atoms. The summed E-state index contributed by atoms with van der Waals surface area (Å²) in [6, 6.07) is 5.45. The van der Waals surface area contributed by atoms with Gasteiger partial charge in [0.2, 0.25) is 11.7 Å². The fourth-order valence-corrected chi connectivity index (χ4v) is 4.34. The first kappa shape index (κ1) is 23.3. The van der Waals surface area contributed by atoms with Crippen molar-refractivity contribution in [1.29, 1.82) is 0 Å².